The van der Waals surface area contributed by atoms with Gasteiger partial charge in [0.05, 0.1) is 27.4 Å². The summed E-state index contributed by atoms with van der Waals surface area (Å²) in [5, 5.41) is -1.03. The standard InChI is InChI=1S/C19H15BrF6O3S/c20-16-9-12(19(24,25)26)4-5-15(16)17-10-14(6-7-29-17)30(27,28)13-3-1-2-11(8-13)18(21,22)23/h1-5,8-9,14,17H,6-7,10H2. The Morgan fingerprint density at radius 2 is 1.57 bits per heavy atom. The molecule has 1 saturated heterocycles. The first-order chi connectivity index (χ1) is 13.8. The molecule has 0 aromatic heterocycles. The summed E-state index contributed by atoms with van der Waals surface area (Å²) in [6.07, 6.45) is -10.1. The SMILES string of the molecule is O=S(=O)(c1cccc(C(F)(F)F)c1)C1CCOC(c2ccc(C(F)(F)F)cc2Br)C1. The molecule has 1 aliphatic heterocycles. The van der Waals surface area contributed by atoms with Crippen molar-refractivity contribution in [2.75, 3.05) is 6.61 Å². The summed E-state index contributed by atoms with van der Waals surface area (Å²) in [5.74, 6) is 0. The molecule has 2 unspecified atom stereocenters. The average molecular weight is 517 g/mol. The van der Waals surface area contributed by atoms with E-state index in [0.29, 0.717) is 11.6 Å². The highest BCUT2D eigenvalue weighted by Crippen LogP contribution is 2.40. The maximum Gasteiger partial charge on any atom is 0.416 e. The predicted molar refractivity (Wildman–Crippen MR) is 99.5 cm³/mol. The van der Waals surface area contributed by atoms with Crippen molar-refractivity contribution in [1.29, 1.82) is 0 Å². The first-order valence-corrected chi connectivity index (χ1v) is 11.0. The lowest BCUT2D eigenvalue weighted by atomic mass is 10.00. The van der Waals surface area contributed by atoms with Crippen LogP contribution in [0.15, 0.2) is 51.8 Å². The molecule has 0 amide bonds. The monoisotopic (exact) mass is 516 g/mol. The van der Waals surface area contributed by atoms with E-state index < -0.39 is 49.6 Å². The van der Waals surface area contributed by atoms with Gasteiger partial charge in [-0.2, -0.15) is 26.3 Å². The summed E-state index contributed by atoms with van der Waals surface area (Å²) in [6.45, 7) is 0.000979. The molecule has 2 atom stereocenters. The van der Waals surface area contributed by atoms with Crippen LogP contribution >= 0.6 is 15.9 Å². The molecule has 0 bridgehead atoms. The van der Waals surface area contributed by atoms with Crippen LogP contribution in [0.25, 0.3) is 0 Å². The lowest BCUT2D eigenvalue weighted by Crippen LogP contribution is -2.31. The molecule has 30 heavy (non-hydrogen) atoms. The number of rotatable bonds is 3. The molecule has 0 saturated carbocycles. The van der Waals surface area contributed by atoms with E-state index >= 15 is 0 Å². The summed E-state index contributed by atoms with van der Waals surface area (Å²) in [4.78, 5) is -0.450. The molecular formula is C19H15BrF6O3S. The zero-order valence-corrected chi connectivity index (χ0v) is 17.5. The van der Waals surface area contributed by atoms with Crippen LogP contribution in [0.5, 0.6) is 0 Å². The number of halogens is 7. The molecule has 1 aliphatic rings. The van der Waals surface area contributed by atoms with E-state index in [1.165, 1.54) is 6.07 Å². The Balaban J connectivity index is 1.88. The predicted octanol–water partition coefficient (Wildman–Crippen LogP) is 6.18. The molecule has 3 rings (SSSR count). The summed E-state index contributed by atoms with van der Waals surface area (Å²) in [7, 11) is -4.11. The molecule has 0 N–H and O–H groups in total. The quantitative estimate of drug-likeness (QED) is 0.457. The van der Waals surface area contributed by atoms with Crippen LogP contribution in [0, 0.1) is 0 Å². The molecule has 0 radical (unpaired) electrons. The number of hydrogen-bond acceptors (Lipinski definition) is 3. The third-order valence-electron chi connectivity index (χ3n) is 4.84. The van der Waals surface area contributed by atoms with E-state index in [-0.39, 0.29) is 23.9 Å². The van der Waals surface area contributed by atoms with Crippen LogP contribution in [0.1, 0.15) is 35.6 Å². The molecular weight excluding hydrogens is 502 g/mol. The topological polar surface area (TPSA) is 43.4 Å². The van der Waals surface area contributed by atoms with Gasteiger partial charge < -0.3 is 4.74 Å². The fourth-order valence-corrected chi connectivity index (χ4v) is 5.68. The van der Waals surface area contributed by atoms with Crippen LogP contribution in [-0.4, -0.2) is 20.3 Å². The molecule has 2 aromatic carbocycles. The summed E-state index contributed by atoms with van der Waals surface area (Å²) < 4.78 is 109. The highest BCUT2D eigenvalue weighted by atomic mass is 79.9. The number of hydrogen-bond donors (Lipinski definition) is 0. The second-order valence-corrected chi connectivity index (χ2v) is 9.89. The fraction of sp³-hybridized carbons (Fsp3) is 0.368. The smallest absolute Gasteiger partial charge is 0.373 e. The van der Waals surface area contributed by atoms with Gasteiger partial charge in [0.1, 0.15) is 0 Å². The first-order valence-electron chi connectivity index (χ1n) is 8.69. The van der Waals surface area contributed by atoms with E-state index in [9.17, 15) is 34.8 Å². The Morgan fingerprint density at radius 1 is 0.933 bits per heavy atom. The Bertz CT molecular complexity index is 1030. The van der Waals surface area contributed by atoms with E-state index in [1.54, 1.807) is 0 Å². The van der Waals surface area contributed by atoms with Crippen molar-refractivity contribution in [2.24, 2.45) is 0 Å². The minimum absolute atomic E-state index is 0.000979. The minimum atomic E-state index is -4.69. The van der Waals surface area contributed by atoms with E-state index in [1.807, 2.05) is 0 Å². The number of ether oxygens (including phenoxy) is 1. The van der Waals surface area contributed by atoms with Gasteiger partial charge in [-0.25, -0.2) is 8.42 Å². The molecule has 3 nitrogen and oxygen atoms in total. The molecule has 1 fully saturated rings. The minimum Gasteiger partial charge on any atom is -0.373 e. The molecule has 0 spiro atoms. The Hall–Kier alpha value is -1.59. The number of sulfone groups is 1. The van der Waals surface area contributed by atoms with Crippen molar-refractivity contribution in [3.8, 4) is 0 Å². The van der Waals surface area contributed by atoms with Crippen molar-refractivity contribution >= 4 is 25.8 Å². The normalized spacial score (nSPS) is 20.9. The highest BCUT2D eigenvalue weighted by molar-refractivity contribution is 9.10. The third kappa shape index (κ3) is 4.83. The van der Waals surface area contributed by atoms with Gasteiger partial charge >= 0.3 is 12.4 Å². The molecule has 2 aromatic rings. The van der Waals surface area contributed by atoms with Gasteiger partial charge in [-0.05, 0) is 48.7 Å². The molecule has 1 heterocycles. The lowest BCUT2D eigenvalue weighted by molar-refractivity contribution is -0.138. The van der Waals surface area contributed by atoms with Gasteiger partial charge in [0, 0.05) is 11.1 Å². The number of alkyl halides is 6. The van der Waals surface area contributed by atoms with Crippen LogP contribution < -0.4 is 0 Å². The van der Waals surface area contributed by atoms with Crippen LogP contribution in [0.2, 0.25) is 0 Å². The van der Waals surface area contributed by atoms with Gasteiger partial charge in [-0.1, -0.05) is 28.1 Å². The Kier molecular flexibility index (Phi) is 6.28. The summed E-state index contributed by atoms with van der Waals surface area (Å²) in [6, 6.07) is 6.45. The third-order valence-corrected chi connectivity index (χ3v) is 7.74. The van der Waals surface area contributed by atoms with E-state index in [0.717, 1.165) is 30.3 Å². The fourth-order valence-electron chi connectivity index (χ4n) is 3.27. The van der Waals surface area contributed by atoms with Gasteiger partial charge in [0.15, 0.2) is 9.84 Å². The maximum absolute atomic E-state index is 12.9. The summed E-state index contributed by atoms with van der Waals surface area (Å²) >= 11 is 3.07. The van der Waals surface area contributed by atoms with Crippen molar-refractivity contribution in [3.63, 3.8) is 0 Å². The zero-order valence-electron chi connectivity index (χ0n) is 15.1. The lowest BCUT2D eigenvalue weighted by Gasteiger charge is -2.30. The van der Waals surface area contributed by atoms with Crippen LogP contribution in [0.4, 0.5) is 26.3 Å². The van der Waals surface area contributed by atoms with E-state index in [2.05, 4.69) is 15.9 Å². The van der Waals surface area contributed by atoms with Gasteiger partial charge in [-0.15, -0.1) is 0 Å². The molecule has 0 aliphatic carbocycles. The Labute approximate surface area is 177 Å². The number of benzene rings is 2. The zero-order chi connectivity index (χ0) is 22.3. The van der Waals surface area contributed by atoms with Crippen molar-refractivity contribution < 1.29 is 39.5 Å². The van der Waals surface area contributed by atoms with Gasteiger partial charge in [-0.3, -0.25) is 0 Å². The second-order valence-electron chi connectivity index (χ2n) is 6.81. The molecule has 11 heteroatoms. The average Bonchev–Trinajstić information content (AvgIpc) is 2.67. The van der Waals surface area contributed by atoms with Gasteiger partial charge in [0.2, 0.25) is 0 Å². The highest BCUT2D eigenvalue weighted by Gasteiger charge is 2.38. The maximum atomic E-state index is 12.9. The van der Waals surface area contributed by atoms with Crippen molar-refractivity contribution in [1.82, 2.24) is 0 Å². The molecule has 164 valence electrons. The largest absolute Gasteiger partial charge is 0.416 e. The van der Waals surface area contributed by atoms with Crippen LogP contribution in [0.3, 0.4) is 0 Å². The summed E-state index contributed by atoms with van der Waals surface area (Å²) in [5.41, 5.74) is -1.60. The van der Waals surface area contributed by atoms with Gasteiger partial charge in [0.25, 0.3) is 0 Å². The second kappa shape index (κ2) is 8.16. The van der Waals surface area contributed by atoms with Crippen LogP contribution in [-0.2, 0) is 26.9 Å². The van der Waals surface area contributed by atoms with Crippen molar-refractivity contribution in [2.45, 2.75) is 41.4 Å². The van der Waals surface area contributed by atoms with E-state index in [4.69, 9.17) is 4.74 Å². The first kappa shape index (κ1) is 23.1. The van der Waals surface area contributed by atoms with Crippen molar-refractivity contribution in [3.05, 3.63) is 63.6 Å². The Morgan fingerprint density at radius 3 is 2.17 bits per heavy atom.